The summed E-state index contributed by atoms with van der Waals surface area (Å²) in [5, 5.41) is 9.82. The Kier molecular flexibility index (Phi) is 6.67. The van der Waals surface area contributed by atoms with Crippen LogP contribution < -0.4 is 10.9 Å². The SMILES string of the molecule is Cc1nc2c(-c3cc(F)c(F)cc3F)nc(C3CCOC(/C(C=N)=C/[NH2+]C4CC4)C3)cn2c(=O)c1Cl. The van der Waals surface area contributed by atoms with Crippen LogP contribution in [0, 0.1) is 29.8 Å². The molecule has 0 amide bonds. The van der Waals surface area contributed by atoms with E-state index >= 15 is 0 Å². The number of aromatic nitrogens is 3. The van der Waals surface area contributed by atoms with Crippen LogP contribution in [0.5, 0.6) is 0 Å². The Hall–Kier alpha value is -3.08. The van der Waals surface area contributed by atoms with Crippen LogP contribution in [0.15, 0.2) is 34.9 Å². The van der Waals surface area contributed by atoms with Crippen molar-refractivity contribution in [2.45, 2.75) is 50.7 Å². The quantitative estimate of drug-likeness (QED) is 0.384. The van der Waals surface area contributed by atoms with Crippen molar-refractivity contribution in [1.29, 1.82) is 5.41 Å². The summed E-state index contributed by atoms with van der Waals surface area (Å²) in [4.78, 5) is 21.9. The lowest BCUT2D eigenvalue weighted by Crippen LogP contribution is -2.80. The van der Waals surface area contributed by atoms with Crippen molar-refractivity contribution < 1.29 is 23.2 Å². The average Bonchev–Trinajstić information content (AvgIpc) is 3.70. The van der Waals surface area contributed by atoms with Gasteiger partial charge in [-0.1, -0.05) is 11.6 Å². The molecule has 2 unspecified atom stereocenters. The fraction of sp³-hybridized carbons (Fsp3) is 0.360. The summed E-state index contributed by atoms with van der Waals surface area (Å²) in [7, 11) is 0. The minimum atomic E-state index is -1.33. The number of nitrogens with two attached hydrogens (primary N) is 1. The number of rotatable bonds is 6. The van der Waals surface area contributed by atoms with Crippen molar-refractivity contribution in [1.82, 2.24) is 14.4 Å². The van der Waals surface area contributed by atoms with Crippen LogP contribution in [0.4, 0.5) is 13.2 Å². The zero-order valence-corrected chi connectivity index (χ0v) is 20.2. The van der Waals surface area contributed by atoms with E-state index in [1.807, 2.05) is 6.20 Å². The Morgan fingerprint density at radius 1 is 1.19 bits per heavy atom. The molecule has 11 heteroatoms. The molecule has 2 fully saturated rings. The van der Waals surface area contributed by atoms with Gasteiger partial charge in [0, 0.05) is 49.4 Å². The van der Waals surface area contributed by atoms with Crippen molar-refractivity contribution in [3.8, 4) is 11.3 Å². The maximum atomic E-state index is 14.8. The Morgan fingerprint density at radius 2 is 1.94 bits per heavy atom. The maximum Gasteiger partial charge on any atom is 0.277 e. The van der Waals surface area contributed by atoms with Crippen LogP contribution in [-0.2, 0) is 4.74 Å². The molecule has 1 aliphatic carbocycles. The van der Waals surface area contributed by atoms with Gasteiger partial charge in [-0.25, -0.2) is 23.1 Å². The van der Waals surface area contributed by atoms with Crippen LogP contribution >= 0.6 is 11.6 Å². The summed E-state index contributed by atoms with van der Waals surface area (Å²) >= 11 is 6.16. The van der Waals surface area contributed by atoms with E-state index in [0.29, 0.717) is 43.3 Å². The molecule has 3 N–H and O–H groups in total. The predicted octanol–water partition coefficient (Wildman–Crippen LogP) is 3.66. The Labute approximate surface area is 209 Å². The Morgan fingerprint density at radius 3 is 2.67 bits per heavy atom. The van der Waals surface area contributed by atoms with Crippen LogP contribution in [0.3, 0.4) is 0 Å². The largest absolute Gasteiger partial charge is 0.373 e. The van der Waals surface area contributed by atoms with Gasteiger partial charge in [-0.15, -0.1) is 0 Å². The van der Waals surface area contributed by atoms with Gasteiger partial charge in [-0.2, -0.15) is 0 Å². The molecule has 3 aromatic rings. The van der Waals surface area contributed by atoms with Gasteiger partial charge >= 0.3 is 0 Å². The third-order valence-corrected chi connectivity index (χ3v) is 7.06. The lowest BCUT2D eigenvalue weighted by molar-refractivity contribution is -0.603. The number of nitrogens with zero attached hydrogens (tertiary/aromatic N) is 3. The van der Waals surface area contributed by atoms with Gasteiger partial charge in [0.25, 0.3) is 5.56 Å². The minimum absolute atomic E-state index is 0.0155. The van der Waals surface area contributed by atoms with Crippen LogP contribution in [0.1, 0.15) is 43.0 Å². The van der Waals surface area contributed by atoms with Crippen molar-refractivity contribution in [2.75, 3.05) is 6.61 Å². The fourth-order valence-corrected chi connectivity index (χ4v) is 4.54. The van der Waals surface area contributed by atoms with Crippen LogP contribution in [0.25, 0.3) is 16.9 Å². The van der Waals surface area contributed by atoms with Gasteiger partial charge in [-0.05, 0) is 25.8 Å². The first-order valence-corrected chi connectivity index (χ1v) is 12.1. The molecule has 36 heavy (non-hydrogen) atoms. The zero-order chi connectivity index (χ0) is 25.6. The standard InChI is InChI=1S/C25H23ClF3N5O2/c1-12-22(26)25(35)34-11-20(13-4-5-36-21(6-13)14(9-30)10-31-15-2-3-15)33-23(24(34)32-12)16-7-18(28)19(29)8-17(16)27/h7-11,13,15,21,30-31H,2-6H2,1H3/p+1/b14-10+,30-9?. The number of hydrogen-bond acceptors (Lipinski definition) is 5. The number of fused-ring (bicyclic) bond motifs is 1. The maximum absolute atomic E-state index is 14.8. The summed E-state index contributed by atoms with van der Waals surface area (Å²) in [6.07, 6.45) is 7.68. The molecule has 1 aromatic carbocycles. The van der Waals surface area contributed by atoms with E-state index in [9.17, 15) is 18.0 Å². The van der Waals surface area contributed by atoms with Gasteiger partial charge in [-0.3, -0.25) is 9.20 Å². The van der Waals surface area contributed by atoms with Crippen molar-refractivity contribution in [2.24, 2.45) is 0 Å². The molecule has 5 rings (SSSR count). The number of halogens is 4. The van der Waals surface area contributed by atoms with Crippen molar-refractivity contribution in [3.05, 3.63) is 74.3 Å². The molecule has 3 heterocycles. The van der Waals surface area contributed by atoms with Crippen LogP contribution in [0.2, 0.25) is 5.02 Å². The molecule has 1 saturated carbocycles. The monoisotopic (exact) mass is 518 g/mol. The van der Waals surface area contributed by atoms with E-state index in [2.05, 4.69) is 15.3 Å². The first-order chi connectivity index (χ1) is 17.3. The molecule has 7 nitrogen and oxygen atoms in total. The predicted molar refractivity (Wildman–Crippen MR) is 128 cm³/mol. The normalized spacial score (nSPS) is 20.6. The first-order valence-electron chi connectivity index (χ1n) is 11.7. The molecule has 0 spiro atoms. The summed E-state index contributed by atoms with van der Waals surface area (Å²) in [5.74, 6) is -3.82. The molecular weight excluding hydrogens is 495 g/mol. The first kappa shape index (κ1) is 24.6. The van der Waals surface area contributed by atoms with Crippen LogP contribution in [-0.4, -0.2) is 39.3 Å². The molecule has 0 bridgehead atoms. The second kappa shape index (κ2) is 9.76. The number of quaternary nitrogens is 1. The number of hydrogen-bond donors (Lipinski definition) is 2. The van der Waals surface area contributed by atoms with E-state index in [1.165, 1.54) is 23.7 Å². The average molecular weight is 519 g/mol. The molecule has 0 radical (unpaired) electrons. The number of benzene rings is 1. The fourth-order valence-electron chi connectivity index (χ4n) is 4.41. The molecule has 2 aliphatic rings. The summed E-state index contributed by atoms with van der Waals surface area (Å²) in [6, 6.07) is 1.70. The summed E-state index contributed by atoms with van der Waals surface area (Å²) < 4.78 is 49.7. The number of nitrogens with one attached hydrogen (secondary N) is 1. The zero-order valence-electron chi connectivity index (χ0n) is 19.4. The Balaban J connectivity index is 1.62. The van der Waals surface area contributed by atoms with Gasteiger partial charge in [0.1, 0.15) is 22.7 Å². The van der Waals surface area contributed by atoms with Gasteiger partial charge in [0.15, 0.2) is 17.3 Å². The smallest absolute Gasteiger partial charge is 0.277 e. The minimum Gasteiger partial charge on any atom is -0.373 e. The highest BCUT2D eigenvalue weighted by atomic mass is 35.5. The highest BCUT2D eigenvalue weighted by Gasteiger charge is 2.31. The molecule has 188 valence electrons. The molecular formula is C25H24ClF3N5O2+. The van der Waals surface area contributed by atoms with E-state index in [4.69, 9.17) is 21.7 Å². The van der Waals surface area contributed by atoms with Gasteiger partial charge in [0.05, 0.1) is 29.1 Å². The third kappa shape index (κ3) is 4.68. The Bertz CT molecular complexity index is 1450. The van der Waals surface area contributed by atoms with E-state index < -0.39 is 23.0 Å². The lowest BCUT2D eigenvalue weighted by atomic mass is 9.89. The number of ether oxygens (including phenoxy) is 1. The molecule has 1 aliphatic heterocycles. The summed E-state index contributed by atoms with van der Waals surface area (Å²) in [6.45, 7) is 1.91. The second-order valence-corrected chi connectivity index (χ2v) is 9.57. The third-order valence-electron chi connectivity index (χ3n) is 6.63. The van der Waals surface area contributed by atoms with E-state index in [-0.39, 0.29) is 39.6 Å². The van der Waals surface area contributed by atoms with Crippen molar-refractivity contribution >= 4 is 23.5 Å². The topological polar surface area (TPSA) is 96.9 Å². The number of aryl methyl sites for hydroxylation is 1. The van der Waals surface area contributed by atoms with E-state index in [1.54, 1.807) is 0 Å². The lowest BCUT2D eigenvalue weighted by Gasteiger charge is -2.29. The highest BCUT2D eigenvalue weighted by Crippen LogP contribution is 2.34. The van der Waals surface area contributed by atoms with E-state index in [0.717, 1.165) is 18.4 Å². The molecule has 2 atom stereocenters. The highest BCUT2D eigenvalue weighted by molar-refractivity contribution is 6.31. The molecule has 1 saturated heterocycles. The summed E-state index contributed by atoms with van der Waals surface area (Å²) in [5.41, 5.74) is 0.386. The van der Waals surface area contributed by atoms with Gasteiger partial charge in [0.2, 0.25) is 0 Å². The van der Waals surface area contributed by atoms with Gasteiger partial charge < -0.3 is 15.5 Å². The second-order valence-electron chi connectivity index (χ2n) is 9.19. The molecule has 2 aromatic heterocycles. The van der Waals surface area contributed by atoms with Crippen molar-refractivity contribution in [3.63, 3.8) is 0 Å².